The van der Waals surface area contributed by atoms with Gasteiger partial charge in [0.25, 0.3) is 0 Å². The summed E-state index contributed by atoms with van der Waals surface area (Å²) in [7, 11) is 1.41. The first-order chi connectivity index (χ1) is 9.19. The number of benzene rings is 1. The molecule has 0 aromatic heterocycles. The van der Waals surface area contributed by atoms with Crippen LogP contribution in [0.3, 0.4) is 0 Å². The maximum atomic E-state index is 11.7. The zero-order valence-electron chi connectivity index (χ0n) is 12.2. The van der Waals surface area contributed by atoms with Gasteiger partial charge in [0.2, 0.25) is 0 Å². The molecule has 3 heteroatoms. The van der Waals surface area contributed by atoms with Crippen LogP contribution in [0.15, 0.2) is 24.3 Å². The maximum absolute atomic E-state index is 11.7. The van der Waals surface area contributed by atoms with Crippen LogP contribution in [0.25, 0.3) is 0 Å². The Morgan fingerprint density at radius 2 is 2.00 bits per heavy atom. The summed E-state index contributed by atoms with van der Waals surface area (Å²) < 4.78 is 4.79. The monoisotopic (exact) mass is 263 g/mol. The summed E-state index contributed by atoms with van der Waals surface area (Å²) in [6.07, 6.45) is 6.18. The van der Waals surface area contributed by atoms with Crippen molar-refractivity contribution in [3.05, 3.63) is 29.8 Å². The van der Waals surface area contributed by atoms with Crippen LogP contribution < -0.4 is 5.32 Å². The van der Waals surface area contributed by atoms with Gasteiger partial charge in [0.15, 0.2) is 0 Å². The highest BCUT2D eigenvalue weighted by Crippen LogP contribution is 2.18. The molecule has 1 rings (SSSR count). The Kier molecular flexibility index (Phi) is 7.01. The molecule has 0 aliphatic carbocycles. The van der Waals surface area contributed by atoms with E-state index >= 15 is 0 Å². The molecule has 0 aliphatic heterocycles. The van der Waals surface area contributed by atoms with E-state index in [-0.39, 0.29) is 5.97 Å². The van der Waals surface area contributed by atoms with Crippen LogP contribution in [0.4, 0.5) is 5.69 Å². The predicted molar refractivity (Wildman–Crippen MR) is 79.6 cm³/mol. The van der Waals surface area contributed by atoms with Crippen LogP contribution >= 0.6 is 0 Å². The lowest BCUT2D eigenvalue weighted by molar-refractivity contribution is 0.0602. The average Bonchev–Trinajstić information content (AvgIpc) is 2.43. The van der Waals surface area contributed by atoms with Crippen molar-refractivity contribution in [2.75, 3.05) is 12.4 Å². The molecule has 0 spiro atoms. The Balaban J connectivity index is 2.54. The minimum Gasteiger partial charge on any atom is -0.465 e. The Bertz CT molecular complexity index is 390. The van der Waals surface area contributed by atoms with Crippen molar-refractivity contribution in [1.82, 2.24) is 0 Å². The normalized spacial score (nSPS) is 11.9. The molecule has 19 heavy (non-hydrogen) atoms. The third-order valence-electron chi connectivity index (χ3n) is 3.22. The summed E-state index contributed by atoms with van der Waals surface area (Å²) >= 11 is 0. The van der Waals surface area contributed by atoms with Gasteiger partial charge in [-0.2, -0.15) is 0 Å². The van der Waals surface area contributed by atoms with Crippen molar-refractivity contribution in [3.8, 4) is 0 Å². The van der Waals surface area contributed by atoms with Gasteiger partial charge in [-0.25, -0.2) is 4.79 Å². The topological polar surface area (TPSA) is 38.3 Å². The van der Waals surface area contributed by atoms with Crippen molar-refractivity contribution in [3.63, 3.8) is 0 Å². The van der Waals surface area contributed by atoms with Crippen molar-refractivity contribution in [2.45, 2.75) is 52.0 Å². The number of rotatable bonds is 8. The number of nitrogens with one attached hydrogen (secondary N) is 1. The van der Waals surface area contributed by atoms with Crippen LogP contribution in [0.2, 0.25) is 0 Å². The van der Waals surface area contributed by atoms with Gasteiger partial charge < -0.3 is 10.1 Å². The van der Waals surface area contributed by atoms with Crippen LogP contribution in [0.1, 0.15) is 56.3 Å². The molecule has 106 valence electrons. The molecule has 3 nitrogen and oxygen atoms in total. The molecule has 1 aromatic rings. The third-order valence-corrected chi connectivity index (χ3v) is 3.22. The van der Waals surface area contributed by atoms with Crippen molar-refractivity contribution in [2.24, 2.45) is 0 Å². The smallest absolute Gasteiger partial charge is 0.339 e. The molecule has 0 aliphatic rings. The Morgan fingerprint density at radius 3 is 2.68 bits per heavy atom. The van der Waals surface area contributed by atoms with Gasteiger partial charge in [0, 0.05) is 11.7 Å². The number of anilines is 1. The first-order valence-electron chi connectivity index (χ1n) is 7.13. The molecular weight excluding hydrogens is 238 g/mol. The molecule has 0 unspecified atom stereocenters. The average molecular weight is 263 g/mol. The zero-order chi connectivity index (χ0) is 14.1. The second-order valence-corrected chi connectivity index (χ2v) is 4.93. The van der Waals surface area contributed by atoms with Gasteiger partial charge in [0.05, 0.1) is 12.7 Å². The van der Waals surface area contributed by atoms with Gasteiger partial charge in [-0.3, -0.25) is 0 Å². The van der Waals surface area contributed by atoms with Crippen LogP contribution in [-0.2, 0) is 4.74 Å². The minimum atomic E-state index is -0.290. The SMILES string of the molecule is CCCCCC[C@H](C)Nc1ccccc1C(=O)OC. The lowest BCUT2D eigenvalue weighted by Crippen LogP contribution is -2.17. The van der Waals surface area contributed by atoms with E-state index in [4.69, 9.17) is 4.74 Å². The Hall–Kier alpha value is -1.51. The molecule has 1 aromatic carbocycles. The fraction of sp³-hybridized carbons (Fsp3) is 0.562. The predicted octanol–water partition coefficient (Wildman–Crippen LogP) is 4.24. The number of carbonyl (C=O) groups excluding carboxylic acids is 1. The van der Waals surface area contributed by atoms with E-state index in [1.165, 1.54) is 32.8 Å². The summed E-state index contributed by atoms with van der Waals surface area (Å²) in [4.78, 5) is 11.7. The maximum Gasteiger partial charge on any atom is 0.339 e. The number of ether oxygens (including phenoxy) is 1. The fourth-order valence-electron chi connectivity index (χ4n) is 2.11. The van der Waals surface area contributed by atoms with Gasteiger partial charge >= 0.3 is 5.97 Å². The van der Waals surface area contributed by atoms with E-state index in [2.05, 4.69) is 19.2 Å². The molecule has 0 bridgehead atoms. The second kappa shape index (κ2) is 8.57. The van der Waals surface area contributed by atoms with Gasteiger partial charge in [-0.1, -0.05) is 44.7 Å². The fourth-order valence-corrected chi connectivity index (χ4v) is 2.11. The Morgan fingerprint density at radius 1 is 1.26 bits per heavy atom. The van der Waals surface area contributed by atoms with E-state index in [0.29, 0.717) is 11.6 Å². The largest absolute Gasteiger partial charge is 0.465 e. The van der Waals surface area contributed by atoms with Crippen LogP contribution in [0.5, 0.6) is 0 Å². The van der Waals surface area contributed by atoms with Gasteiger partial charge in [-0.05, 0) is 25.5 Å². The lowest BCUT2D eigenvalue weighted by atomic mass is 10.1. The number of hydrogen-bond donors (Lipinski definition) is 1. The molecule has 1 atom stereocenters. The first kappa shape index (κ1) is 15.5. The van der Waals surface area contributed by atoms with E-state index < -0.39 is 0 Å². The summed E-state index contributed by atoms with van der Waals surface area (Å²) in [5.41, 5.74) is 1.46. The summed E-state index contributed by atoms with van der Waals surface area (Å²) in [6, 6.07) is 7.86. The first-order valence-corrected chi connectivity index (χ1v) is 7.13. The molecule has 0 radical (unpaired) electrons. The van der Waals surface area contributed by atoms with Crippen LogP contribution in [0, 0.1) is 0 Å². The Labute approximate surface area is 116 Å². The quantitative estimate of drug-likeness (QED) is 0.563. The van der Waals surface area contributed by atoms with Crippen molar-refractivity contribution in [1.29, 1.82) is 0 Å². The molecule has 0 fully saturated rings. The highest BCUT2D eigenvalue weighted by atomic mass is 16.5. The summed E-state index contributed by atoms with van der Waals surface area (Å²) in [5, 5.41) is 3.40. The number of unbranched alkanes of at least 4 members (excludes halogenated alkanes) is 3. The van der Waals surface area contributed by atoms with Gasteiger partial charge in [-0.15, -0.1) is 0 Å². The number of hydrogen-bond acceptors (Lipinski definition) is 3. The lowest BCUT2D eigenvalue weighted by Gasteiger charge is -2.17. The van der Waals surface area contributed by atoms with E-state index in [0.717, 1.165) is 12.1 Å². The summed E-state index contributed by atoms with van der Waals surface area (Å²) in [6.45, 7) is 4.37. The third kappa shape index (κ3) is 5.33. The molecular formula is C16H25NO2. The molecule has 0 saturated carbocycles. The van der Waals surface area contributed by atoms with Crippen molar-refractivity contribution < 1.29 is 9.53 Å². The number of carbonyl (C=O) groups is 1. The molecule has 0 amide bonds. The van der Waals surface area contributed by atoms with E-state index in [1.807, 2.05) is 18.2 Å². The highest BCUT2D eigenvalue weighted by molar-refractivity contribution is 5.95. The number of methoxy groups -OCH3 is 1. The number of esters is 1. The summed E-state index contributed by atoms with van der Waals surface area (Å²) in [5.74, 6) is -0.290. The van der Waals surface area contributed by atoms with Gasteiger partial charge in [0.1, 0.15) is 0 Å². The molecule has 1 N–H and O–H groups in total. The molecule has 0 heterocycles. The standard InChI is InChI=1S/C16H25NO2/c1-4-5-6-7-10-13(2)17-15-12-9-8-11-14(15)16(18)19-3/h8-9,11-13,17H,4-7,10H2,1-3H3/t13-/m0/s1. The van der Waals surface area contributed by atoms with E-state index in [1.54, 1.807) is 6.07 Å². The highest BCUT2D eigenvalue weighted by Gasteiger charge is 2.12. The minimum absolute atomic E-state index is 0.290. The molecule has 0 saturated heterocycles. The second-order valence-electron chi connectivity index (χ2n) is 4.93. The van der Waals surface area contributed by atoms with E-state index in [9.17, 15) is 4.79 Å². The number of para-hydroxylation sites is 1. The zero-order valence-corrected chi connectivity index (χ0v) is 12.2. The van der Waals surface area contributed by atoms with Crippen molar-refractivity contribution >= 4 is 11.7 Å². The van der Waals surface area contributed by atoms with Crippen LogP contribution in [-0.4, -0.2) is 19.1 Å².